The van der Waals surface area contributed by atoms with Gasteiger partial charge in [0.15, 0.2) is 0 Å². The van der Waals surface area contributed by atoms with E-state index in [9.17, 15) is 23.3 Å². The highest BCUT2D eigenvalue weighted by atomic mass is 19.4. The van der Waals surface area contributed by atoms with Gasteiger partial charge in [-0.05, 0) is 30.3 Å². The van der Waals surface area contributed by atoms with E-state index in [2.05, 4.69) is 15.3 Å². The van der Waals surface area contributed by atoms with Crippen molar-refractivity contribution in [1.82, 2.24) is 9.97 Å². The molecule has 0 aliphatic heterocycles. The van der Waals surface area contributed by atoms with E-state index in [4.69, 9.17) is 4.74 Å². The summed E-state index contributed by atoms with van der Waals surface area (Å²) < 4.78 is 43.9. The van der Waals surface area contributed by atoms with Gasteiger partial charge in [-0.15, -0.1) is 0 Å². The van der Waals surface area contributed by atoms with Crippen LogP contribution in [0.5, 0.6) is 11.6 Å². The number of nitrogens with one attached hydrogen (secondary N) is 1. The van der Waals surface area contributed by atoms with Gasteiger partial charge < -0.3 is 10.1 Å². The molecule has 0 atom stereocenters. The summed E-state index contributed by atoms with van der Waals surface area (Å²) in [6, 6.07) is 12.5. The zero-order chi connectivity index (χ0) is 19.4. The average molecular weight is 376 g/mol. The van der Waals surface area contributed by atoms with E-state index >= 15 is 0 Å². The lowest BCUT2D eigenvalue weighted by molar-refractivity contribution is -0.385. The van der Waals surface area contributed by atoms with E-state index in [0.717, 1.165) is 18.5 Å². The third kappa shape index (κ3) is 4.29. The molecule has 1 N–H and O–H groups in total. The van der Waals surface area contributed by atoms with Crippen LogP contribution in [0.2, 0.25) is 0 Å². The molecule has 27 heavy (non-hydrogen) atoms. The normalized spacial score (nSPS) is 11.1. The fourth-order valence-corrected chi connectivity index (χ4v) is 2.20. The molecule has 2 aromatic carbocycles. The topological polar surface area (TPSA) is 90.2 Å². The van der Waals surface area contributed by atoms with E-state index in [1.165, 1.54) is 12.1 Å². The number of ether oxygens (including phenoxy) is 1. The van der Waals surface area contributed by atoms with Gasteiger partial charge in [-0.25, -0.2) is 4.98 Å². The Morgan fingerprint density at radius 2 is 1.78 bits per heavy atom. The minimum atomic E-state index is -4.54. The third-order valence-electron chi connectivity index (χ3n) is 3.38. The fraction of sp³-hybridized carbons (Fsp3) is 0.0588. The van der Waals surface area contributed by atoms with Crippen LogP contribution in [0.4, 0.5) is 30.4 Å². The molecule has 7 nitrogen and oxygen atoms in total. The minimum absolute atomic E-state index is 0.0164. The highest BCUT2D eigenvalue weighted by Gasteiger charge is 2.31. The van der Waals surface area contributed by atoms with Crippen LogP contribution in [0.1, 0.15) is 5.56 Å². The molecule has 0 unspecified atom stereocenters. The predicted molar refractivity (Wildman–Crippen MR) is 89.9 cm³/mol. The number of halogens is 3. The predicted octanol–water partition coefficient (Wildman–Crippen LogP) is 4.94. The molecule has 3 rings (SSSR count). The molecule has 10 heteroatoms. The number of nitrogens with zero attached hydrogens (tertiary/aromatic N) is 3. The third-order valence-corrected chi connectivity index (χ3v) is 3.38. The average Bonchev–Trinajstić information content (AvgIpc) is 2.62. The number of nitro groups is 1. The van der Waals surface area contributed by atoms with Crippen LogP contribution < -0.4 is 10.1 Å². The van der Waals surface area contributed by atoms with Crippen molar-refractivity contribution in [3.05, 3.63) is 76.6 Å². The maximum Gasteiger partial charge on any atom is 0.416 e. The summed E-state index contributed by atoms with van der Waals surface area (Å²) in [4.78, 5) is 18.2. The quantitative estimate of drug-likeness (QED) is 0.501. The van der Waals surface area contributed by atoms with Gasteiger partial charge in [0.25, 0.3) is 0 Å². The Kier molecular flexibility index (Phi) is 4.88. The van der Waals surface area contributed by atoms with Gasteiger partial charge in [-0.3, -0.25) is 10.1 Å². The Labute approximate surface area is 150 Å². The fourth-order valence-electron chi connectivity index (χ4n) is 2.20. The molecule has 0 spiro atoms. The van der Waals surface area contributed by atoms with Crippen molar-refractivity contribution in [2.45, 2.75) is 6.18 Å². The second kappa shape index (κ2) is 7.28. The first-order valence-corrected chi connectivity index (χ1v) is 7.51. The Bertz CT molecular complexity index is 965. The highest BCUT2D eigenvalue weighted by molar-refractivity contribution is 5.69. The molecule has 0 aliphatic rings. The lowest BCUT2D eigenvalue weighted by atomic mass is 10.2. The minimum Gasteiger partial charge on any atom is -0.434 e. The molecule has 0 saturated heterocycles. The number of hydrogen-bond donors (Lipinski definition) is 1. The maximum absolute atomic E-state index is 12.8. The first-order valence-electron chi connectivity index (χ1n) is 7.51. The molecular formula is C17H11F3N4O3. The van der Waals surface area contributed by atoms with Gasteiger partial charge in [0, 0.05) is 5.69 Å². The second-order valence-corrected chi connectivity index (χ2v) is 5.25. The molecule has 0 amide bonds. The SMILES string of the molecule is O=[N+]([O-])c1c(Nc2cccc(C(F)(F)F)c2)ncnc1Oc1ccccc1. The summed E-state index contributed by atoms with van der Waals surface area (Å²) in [5, 5.41) is 14.0. The first kappa shape index (κ1) is 18.1. The zero-order valence-corrected chi connectivity index (χ0v) is 13.5. The molecule has 138 valence electrons. The lowest BCUT2D eigenvalue weighted by Crippen LogP contribution is -2.06. The first-order chi connectivity index (χ1) is 12.8. The summed E-state index contributed by atoms with van der Waals surface area (Å²) >= 11 is 0. The van der Waals surface area contributed by atoms with Gasteiger partial charge in [0.05, 0.1) is 10.5 Å². The molecule has 1 aromatic heterocycles. The van der Waals surface area contributed by atoms with Crippen LogP contribution in [0, 0.1) is 10.1 Å². The zero-order valence-electron chi connectivity index (χ0n) is 13.5. The number of anilines is 2. The van der Waals surface area contributed by atoms with Gasteiger partial charge in [0.2, 0.25) is 5.82 Å². The highest BCUT2D eigenvalue weighted by Crippen LogP contribution is 2.36. The van der Waals surface area contributed by atoms with E-state index in [1.807, 2.05) is 0 Å². The van der Waals surface area contributed by atoms with Gasteiger partial charge in [-0.1, -0.05) is 24.3 Å². The molecule has 0 aliphatic carbocycles. The molecule has 0 saturated carbocycles. The van der Waals surface area contributed by atoms with Gasteiger partial charge in [0.1, 0.15) is 12.1 Å². The Hall–Kier alpha value is -3.69. The lowest BCUT2D eigenvalue weighted by Gasteiger charge is -2.11. The monoisotopic (exact) mass is 376 g/mol. The van der Waals surface area contributed by atoms with Crippen molar-refractivity contribution in [1.29, 1.82) is 0 Å². The number of para-hydroxylation sites is 1. The number of hydrogen-bond acceptors (Lipinski definition) is 6. The largest absolute Gasteiger partial charge is 0.434 e. The van der Waals surface area contributed by atoms with Gasteiger partial charge >= 0.3 is 17.7 Å². The maximum atomic E-state index is 12.8. The molecule has 3 aromatic rings. The van der Waals surface area contributed by atoms with Crippen molar-refractivity contribution >= 4 is 17.2 Å². The molecule has 0 fully saturated rings. The van der Waals surface area contributed by atoms with Crippen LogP contribution in [-0.2, 0) is 6.18 Å². The van der Waals surface area contributed by atoms with Crippen LogP contribution in [0.3, 0.4) is 0 Å². The standard InChI is InChI=1S/C17H11F3N4O3/c18-17(19,20)11-5-4-6-12(9-11)23-15-14(24(25)26)16(22-10-21-15)27-13-7-2-1-3-8-13/h1-10H,(H,21,22,23). The molecular weight excluding hydrogens is 365 g/mol. The van der Waals surface area contributed by atoms with Crippen molar-refractivity contribution in [2.75, 3.05) is 5.32 Å². The van der Waals surface area contributed by atoms with Crippen LogP contribution in [0.25, 0.3) is 0 Å². The van der Waals surface area contributed by atoms with Crippen LogP contribution in [-0.4, -0.2) is 14.9 Å². The summed E-state index contributed by atoms with van der Waals surface area (Å²) in [5.74, 6) is -0.319. The van der Waals surface area contributed by atoms with E-state index in [1.54, 1.807) is 30.3 Å². The second-order valence-electron chi connectivity index (χ2n) is 5.25. The molecule has 0 radical (unpaired) electrons. The summed E-state index contributed by atoms with van der Waals surface area (Å²) in [6.45, 7) is 0. The number of alkyl halides is 3. The number of rotatable bonds is 5. The van der Waals surface area contributed by atoms with Crippen LogP contribution >= 0.6 is 0 Å². The molecule has 0 bridgehead atoms. The summed E-state index contributed by atoms with van der Waals surface area (Å²) in [6.07, 6.45) is -3.53. The summed E-state index contributed by atoms with van der Waals surface area (Å²) in [7, 11) is 0. The smallest absolute Gasteiger partial charge is 0.416 e. The van der Waals surface area contributed by atoms with Crippen molar-refractivity contribution in [3.63, 3.8) is 0 Å². The van der Waals surface area contributed by atoms with Crippen molar-refractivity contribution in [3.8, 4) is 11.6 Å². The van der Waals surface area contributed by atoms with Gasteiger partial charge in [-0.2, -0.15) is 18.2 Å². The van der Waals surface area contributed by atoms with Crippen LogP contribution in [0.15, 0.2) is 60.9 Å². The molecule has 1 heterocycles. The van der Waals surface area contributed by atoms with E-state index in [0.29, 0.717) is 5.75 Å². The van der Waals surface area contributed by atoms with E-state index in [-0.39, 0.29) is 17.4 Å². The van der Waals surface area contributed by atoms with Crippen molar-refractivity contribution < 1.29 is 22.8 Å². The van der Waals surface area contributed by atoms with Crippen molar-refractivity contribution in [2.24, 2.45) is 0 Å². The Balaban J connectivity index is 1.96. The Morgan fingerprint density at radius 1 is 1.04 bits per heavy atom. The number of aromatic nitrogens is 2. The summed E-state index contributed by atoms with van der Waals surface area (Å²) in [5.41, 5.74) is -1.51. The number of benzene rings is 2. The Morgan fingerprint density at radius 3 is 2.44 bits per heavy atom. The van der Waals surface area contributed by atoms with E-state index < -0.39 is 22.4 Å².